The van der Waals surface area contributed by atoms with E-state index in [2.05, 4.69) is 12.7 Å². The van der Waals surface area contributed by atoms with Gasteiger partial charge in [0, 0.05) is 6.54 Å². The molecule has 0 unspecified atom stereocenters. The van der Waals surface area contributed by atoms with Crippen molar-refractivity contribution in [1.29, 1.82) is 0 Å². The van der Waals surface area contributed by atoms with Gasteiger partial charge in [0.2, 0.25) is 0 Å². The first-order valence-corrected chi connectivity index (χ1v) is 11.6. The van der Waals surface area contributed by atoms with E-state index in [0.29, 0.717) is 30.5 Å². The number of imide groups is 1. The first-order chi connectivity index (χ1) is 16.9. The smallest absolute Gasteiger partial charge is 0.261 e. The van der Waals surface area contributed by atoms with Crippen molar-refractivity contribution in [3.63, 3.8) is 0 Å². The zero-order valence-electron chi connectivity index (χ0n) is 19.2. The first-order valence-electron chi connectivity index (χ1n) is 11.6. The van der Waals surface area contributed by atoms with E-state index in [1.807, 2.05) is 24.3 Å². The van der Waals surface area contributed by atoms with Crippen LogP contribution in [-0.4, -0.2) is 33.5 Å². The van der Waals surface area contributed by atoms with Crippen LogP contribution in [0.3, 0.4) is 0 Å². The highest BCUT2D eigenvalue weighted by Crippen LogP contribution is 2.39. The van der Waals surface area contributed by atoms with Gasteiger partial charge in [0.1, 0.15) is 11.5 Å². The quantitative estimate of drug-likeness (QED) is 0.430. The molecule has 0 bridgehead atoms. The molecule has 0 radical (unpaired) electrons. The number of carbonyl (C=O) groups excluding carboxylic acids is 2. The normalized spacial score (nSPS) is 15.5. The molecule has 2 amide bonds. The number of hydrogen-bond acceptors (Lipinski definition) is 4. The van der Waals surface area contributed by atoms with Crippen LogP contribution in [0.25, 0.3) is 5.57 Å². The second-order valence-electron chi connectivity index (χ2n) is 8.85. The van der Waals surface area contributed by atoms with Gasteiger partial charge in [-0.25, -0.2) is 0 Å². The Bertz CT molecular complexity index is 1310. The van der Waals surface area contributed by atoms with E-state index >= 15 is 0 Å². The van der Waals surface area contributed by atoms with Crippen molar-refractivity contribution in [3.05, 3.63) is 124 Å². The number of benzene rings is 3. The van der Waals surface area contributed by atoms with Gasteiger partial charge in [-0.2, -0.15) is 0 Å². The summed E-state index contributed by atoms with van der Waals surface area (Å²) in [6.07, 6.45) is 4.22. The van der Waals surface area contributed by atoms with Crippen LogP contribution in [0.15, 0.2) is 102 Å². The van der Waals surface area contributed by atoms with Crippen LogP contribution in [0.4, 0.5) is 0 Å². The fourth-order valence-electron chi connectivity index (χ4n) is 4.48. The Morgan fingerprint density at radius 1 is 0.829 bits per heavy atom. The predicted molar refractivity (Wildman–Crippen MR) is 135 cm³/mol. The molecule has 1 saturated carbocycles. The van der Waals surface area contributed by atoms with E-state index in [-0.39, 0.29) is 23.3 Å². The largest absolute Gasteiger partial charge is 0.508 e. The summed E-state index contributed by atoms with van der Waals surface area (Å²) in [4.78, 5) is 26.9. The summed E-state index contributed by atoms with van der Waals surface area (Å²) in [6, 6.07) is 21.0. The van der Waals surface area contributed by atoms with Gasteiger partial charge in [-0.3, -0.25) is 14.5 Å². The predicted octanol–water partition coefficient (Wildman–Crippen LogP) is 5.86. The molecule has 35 heavy (non-hydrogen) atoms. The van der Waals surface area contributed by atoms with Gasteiger partial charge in [0.25, 0.3) is 11.8 Å². The molecule has 3 aromatic carbocycles. The minimum Gasteiger partial charge on any atom is -0.508 e. The Morgan fingerprint density at radius 2 is 1.31 bits per heavy atom. The van der Waals surface area contributed by atoms with Crippen LogP contribution in [-0.2, 0) is 0 Å². The number of nitrogens with zero attached hydrogens (tertiary/aromatic N) is 1. The molecule has 1 aliphatic heterocycles. The summed E-state index contributed by atoms with van der Waals surface area (Å²) < 4.78 is 0. The Labute approximate surface area is 204 Å². The third-order valence-electron chi connectivity index (χ3n) is 6.42. The van der Waals surface area contributed by atoms with Crippen molar-refractivity contribution in [3.8, 4) is 11.5 Å². The Kier molecular flexibility index (Phi) is 5.83. The van der Waals surface area contributed by atoms with Gasteiger partial charge in [0.05, 0.1) is 11.1 Å². The number of allylic oxidation sites excluding steroid dienone is 4. The van der Waals surface area contributed by atoms with Crippen molar-refractivity contribution >= 4 is 17.4 Å². The van der Waals surface area contributed by atoms with E-state index in [4.69, 9.17) is 0 Å². The average molecular weight is 464 g/mol. The minimum atomic E-state index is -0.248. The van der Waals surface area contributed by atoms with Crippen molar-refractivity contribution < 1.29 is 19.8 Å². The SMILES string of the molecule is C=C1C/C1=C/C(CCCN1C(=O)c2ccccc2C1=O)=C(c1ccc(O)cc1)c1ccc(O)cc1. The number of aromatic hydroxyl groups is 2. The molecule has 3 aromatic rings. The molecule has 1 aliphatic carbocycles. The second-order valence-corrected chi connectivity index (χ2v) is 8.85. The molecule has 1 heterocycles. The van der Waals surface area contributed by atoms with Crippen LogP contribution in [0.5, 0.6) is 11.5 Å². The lowest BCUT2D eigenvalue weighted by atomic mass is 9.90. The maximum absolute atomic E-state index is 12.8. The van der Waals surface area contributed by atoms with Crippen molar-refractivity contribution in [2.75, 3.05) is 6.54 Å². The topological polar surface area (TPSA) is 77.8 Å². The lowest BCUT2D eigenvalue weighted by Crippen LogP contribution is -2.30. The van der Waals surface area contributed by atoms with E-state index in [9.17, 15) is 19.8 Å². The zero-order valence-corrected chi connectivity index (χ0v) is 19.2. The fourth-order valence-corrected chi connectivity index (χ4v) is 4.48. The molecule has 5 heteroatoms. The highest BCUT2D eigenvalue weighted by Gasteiger charge is 2.34. The monoisotopic (exact) mass is 463 g/mol. The van der Waals surface area contributed by atoms with E-state index in [1.54, 1.807) is 48.5 Å². The van der Waals surface area contributed by atoms with Crippen molar-refractivity contribution in [2.45, 2.75) is 19.3 Å². The first kappa shape index (κ1) is 22.4. The molecular weight excluding hydrogens is 438 g/mol. The summed E-state index contributed by atoms with van der Waals surface area (Å²) in [7, 11) is 0. The van der Waals surface area contributed by atoms with Crippen LogP contribution >= 0.6 is 0 Å². The maximum atomic E-state index is 12.8. The molecule has 1 fully saturated rings. The molecular formula is C30H25NO4. The molecule has 0 saturated heterocycles. The summed E-state index contributed by atoms with van der Waals surface area (Å²) in [5, 5.41) is 19.6. The number of carbonyl (C=O) groups is 2. The van der Waals surface area contributed by atoms with E-state index in [1.165, 1.54) is 10.5 Å². The van der Waals surface area contributed by atoms with Crippen molar-refractivity contribution in [1.82, 2.24) is 4.90 Å². The van der Waals surface area contributed by atoms with Crippen molar-refractivity contribution in [2.24, 2.45) is 0 Å². The molecule has 5 rings (SSSR count). The minimum absolute atomic E-state index is 0.180. The summed E-state index contributed by atoms with van der Waals surface area (Å²) >= 11 is 0. The third kappa shape index (κ3) is 4.53. The summed E-state index contributed by atoms with van der Waals surface area (Å²) in [5.74, 6) is -0.135. The third-order valence-corrected chi connectivity index (χ3v) is 6.42. The molecule has 0 spiro atoms. The number of fused-ring (bicyclic) bond motifs is 1. The van der Waals surface area contributed by atoms with Gasteiger partial charge < -0.3 is 10.2 Å². The maximum Gasteiger partial charge on any atom is 0.261 e. The highest BCUT2D eigenvalue weighted by atomic mass is 16.3. The highest BCUT2D eigenvalue weighted by molar-refractivity contribution is 6.21. The Hall–Kier alpha value is -4.38. The Morgan fingerprint density at radius 3 is 1.77 bits per heavy atom. The lowest BCUT2D eigenvalue weighted by Gasteiger charge is -2.17. The summed E-state index contributed by atoms with van der Waals surface area (Å²) in [6.45, 7) is 4.38. The lowest BCUT2D eigenvalue weighted by molar-refractivity contribution is 0.0652. The van der Waals surface area contributed by atoms with Gasteiger partial charge >= 0.3 is 0 Å². The molecule has 174 valence electrons. The fraction of sp³-hybridized carbons (Fsp3) is 0.133. The van der Waals surface area contributed by atoms with E-state index in [0.717, 1.165) is 34.3 Å². The van der Waals surface area contributed by atoms with Crippen LogP contribution in [0.2, 0.25) is 0 Å². The number of amides is 2. The average Bonchev–Trinajstić information content (AvgIpc) is 3.51. The van der Waals surface area contributed by atoms with Crippen LogP contribution in [0.1, 0.15) is 51.1 Å². The summed E-state index contributed by atoms with van der Waals surface area (Å²) in [5.41, 5.74) is 7.05. The zero-order chi connectivity index (χ0) is 24.5. The molecule has 2 aliphatic rings. The molecule has 0 atom stereocenters. The van der Waals surface area contributed by atoms with Gasteiger partial charge in [-0.15, -0.1) is 0 Å². The molecule has 5 nitrogen and oxygen atoms in total. The molecule has 2 N–H and O–H groups in total. The molecule has 0 aromatic heterocycles. The Balaban J connectivity index is 1.48. The van der Waals surface area contributed by atoms with Gasteiger partial charge in [0.15, 0.2) is 0 Å². The van der Waals surface area contributed by atoms with Crippen LogP contribution in [0, 0.1) is 0 Å². The van der Waals surface area contributed by atoms with Gasteiger partial charge in [-0.05, 0) is 89.1 Å². The number of phenols is 2. The number of hydrogen-bond donors (Lipinski definition) is 2. The number of rotatable bonds is 7. The van der Waals surface area contributed by atoms with Crippen LogP contribution < -0.4 is 0 Å². The second kappa shape index (κ2) is 9.11. The number of phenolic OH excluding ortho intramolecular Hbond substituents is 2. The van der Waals surface area contributed by atoms with E-state index < -0.39 is 0 Å². The standard InChI is InChI=1S/C30H25NO4/c1-19-17-23(19)18-22(5-4-16-31-29(34)26-6-2-3-7-27(26)30(31)35)28(20-8-12-24(32)13-9-20)21-10-14-25(33)15-11-21/h2-3,6-15,18,32-33H,1,4-5,16-17H2/b23-18-. The van der Waals surface area contributed by atoms with Gasteiger partial charge in [-0.1, -0.05) is 49.1 Å².